The Morgan fingerprint density at radius 2 is 1.63 bits per heavy atom. The van der Waals surface area contributed by atoms with Crippen LogP contribution >= 0.6 is 0 Å². The van der Waals surface area contributed by atoms with E-state index >= 15 is 0 Å². The summed E-state index contributed by atoms with van der Waals surface area (Å²) in [5.74, 6) is -1.67. The Balaban J connectivity index is 1.43. The summed E-state index contributed by atoms with van der Waals surface area (Å²) in [6.07, 6.45) is -0.0738. The quantitative estimate of drug-likeness (QED) is 0.647. The van der Waals surface area contributed by atoms with Crippen LogP contribution in [-0.2, 0) is 14.3 Å². The van der Waals surface area contributed by atoms with E-state index in [1.54, 1.807) is 20.8 Å². The Morgan fingerprint density at radius 1 is 1.03 bits per heavy atom. The normalized spacial score (nSPS) is 19.5. The number of benzene rings is 2. The van der Waals surface area contributed by atoms with Crippen molar-refractivity contribution in [3.05, 3.63) is 59.7 Å². The van der Waals surface area contributed by atoms with E-state index < -0.39 is 35.7 Å². The lowest BCUT2D eigenvalue weighted by Crippen LogP contribution is -2.55. The van der Waals surface area contributed by atoms with Crippen molar-refractivity contribution in [2.75, 3.05) is 19.7 Å². The van der Waals surface area contributed by atoms with Gasteiger partial charge in [0.15, 0.2) is 0 Å². The molecule has 1 aliphatic carbocycles. The summed E-state index contributed by atoms with van der Waals surface area (Å²) >= 11 is 0. The molecule has 2 N–H and O–H groups in total. The molecular weight excluding hydrogens is 448 g/mol. The largest absolute Gasteiger partial charge is 0.480 e. The van der Waals surface area contributed by atoms with Gasteiger partial charge in [0.25, 0.3) is 0 Å². The van der Waals surface area contributed by atoms with E-state index in [4.69, 9.17) is 9.47 Å². The van der Waals surface area contributed by atoms with Gasteiger partial charge < -0.3 is 19.9 Å². The molecule has 0 radical (unpaired) electrons. The number of aliphatic carboxylic acids is 1. The zero-order valence-corrected chi connectivity index (χ0v) is 20.3. The van der Waals surface area contributed by atoms with Crippen molar-refractivity contribution in [1.82, 2.24) is 10.2 Å². The van der Waals surface area contributed by atoms with Gasteiger partial charge in [-0.1, -0.05) is 48.5 Å². The molecule has 1 fully saturated rings. The molecule has 2 amide bonds. The van der Waals surface area contributed by atoms with Gasteiger partial charge in [0.1, 0.15) is 18.2 Å². The van der Waals surface area contributed by atoms with Crippen LogP contribution in [0.5, 0.6) is 0 Å². The number of alkyl carbamates (subject to hydrolysis) is 1. The number of hydrogen-bond acceptors (Lipinski definition) is 5. The molecule has 2 unspecified atom stereocenters. The second-order valence-corrected chi connectivity index (χ2v) is 10.1. The predicted octanol–water partition coefficient (Wildman–Crippen LogP) is 4.63. The summed E-state index contributed by atoms with van der Waals surface area (Å²) in [5.41, 5.74) is 3.78. The first kappa shape index (κ1) is 24.6. The van der Waals surface area contributed by atoms with E-state index in [-0.39, 0.29) is 25.6 Å². The molecule has 2 atom stereocenters. The minimum atomic E-state index is -1.12. The van der Waals surface area contributed by atoms with Crippen LogP contribution in [0.1, 0.15) is 50.7 Å². The highest BCUT2D eigenvalue weighted by atomic mass is 16.6. The number of piperidine rings is 1. The lowest BCUT2D eigenvalue weighted by atomic mass is 9.89. The summed E-state index contributed by atoms with van der Waals surface area (Å²) in [6.45, 7) is 5.77. The monoisotopic (exact) mass is 480 g/mol. The lowest BCUT2D eigenvalue weighted by molar-refractivity contribution is -0.146. The van der Waals surface area contributed by atoms with Crippen molar-refractivity contribution >= 4 is 18.2 Å². The number of carbonyl (C=O) groups is 3. The Morgan fingerprint density at radius 3 is 2.20 bits per heavy atom. The average molecular weight is 481 g/mol. The van der Waals surface area contributed by atoms with Gasteiger partial charge in [-0.3, -0.25) is 4.90 Å². The van der Waals surface area contributed by atoms with Gasteiger partial charge in [0.2, 0.25) is 0 Å². The smallest absolute Gasteiger partial charge is 0.410 e. The fraction of sp³-hybridized carbons (Fsp3) is 0.444. The summed E-state index contributed by atoms with van der Waals surface area (Å²) < 4.78 is 11.0. The SMILES string of the molecule is CC(C)(C)OC(=O)NCC1CCCN(C(=O)OCC2c3ccccc3-c3ccccc32)C1C(=O)O. The molecule has 0 bridgehead atoms. The molecule has 4 rings (SSSR count). The number of nitrogens with one attached hydrogen (secondary N) is 1. The highest BCUT2D eigenvalue weighted by Gasteiger charge is 2.41. The van der Waals surface area contributed by atoms with Crippen LogP contribution in [-0.4, -0.2) is 59.5 Å². The van der Waals surface area contributed by atoms with Gasteiger partial charge in [-0.2, -0.15) is 0 Å². The van der Waals surface area contributed by atoms with Gasteiger partial charge in [0.05, 0.1) is 0 Å². The van der Waals surface area contributed by atoms with Crippen molar-refractivity contribution in [1.29, 1.82) is 0 Å². The number of rotatable bonds is 5. The molecule has 0 spiro atoms. The maximum Gasteiger partial charge on any atom is 0.410 e. The summed E-state index contributed by atoms with van der Waals surface area (Å²) in [4.78, 5) is 38.6. The molecule has 1 aliphatic heterocycles. The predicted molar refractivity (Wildman–Crippen MR) is 130 cm³/mol. The second kappa shape index (κ2) is 9.98. The first-order valence-electron chi connectivity index (χ1n) is 12.0. The zero-order valence-electron chi connectivity index (χ0n) is 20.3. The number of ether oxygens (including phenoxy) is 2. The highest BCUT2D eigenvalue weighted by molar-refractivity contribution is 5.81. The van der Waals surface area contributed by atoms with E-state index in [2.05, 4.69) is 17.4 Å². The summed E-state index contributed by atoms with van der Waals surface area (Å²) in [7, 11) is 0. The number of nitrogens with zero attached hydrogens (tertiary/aromatic N) is 1. The van der Waals surface area contributed by atoms with Crippen molar-refractivity contribution in [2.45, 2.75) is 51.2 Å². The van der Waals surface area contributed by atoms with Crippen LogP contribution in [0.15, 0.2) is 48.5 Å². The number of carboxylic acid groups (broad SMARTS) is 1. The fourth-order valence-corrected chi connectivity index (χ4v) is 5.03. The van der Waals surface area contributed by atoms with E-state index in [1.165, 1.54) is 4.90 Å². The minimum absolute atomic E-state index is 0.0963. The van der Waals surface area contributed by atoms with E-state index in [0.717, 1.165) is 22.3 Å². The van der Waals surface area contributed by atoms with Crippen LogP contribution in [0.4, 0.5) is 9.59 Å². The Labute approximate surface area is 205 Å². The van der Waals surface area contributed by atoms with Gasteiger partial charge in [-0.05, 0) is 55.9 Å². The van der Waals surface area contributed by atoms with Crippen LogP contribution in [0.25, 0.3) is 11.1 Å². The Kier molecular flexibility index (Phi) is 7.00. The summed E-state index contributed by atoms with van der Waals surface area (Å²) in [5, 5.41) is 12.6. The third kappa shape index (κ3) is 5.42. The molecule has 1 heterocycles. The highest BCUT2D eigenvalue weighted by Crippen LogP contribution is 2.44. The molecule has 0 aromatic heterocycles. The number of carbonyl (C=O) groups excluding carboxylic acids is 2. The molecule has 8 nitrogen and oxygen atoms in total. The average Bonchev–Trinajstić information content (AvgIpc) is 3.13. The van der Waals surface area contributed by atoms with Crippen molar-refractivity contribution < 1.29 is 29.0 Å². The first-order valence-corrected chi connectivity index (χ1v) is 12.0. The summed E-state index contributed by atoms with van der Waals surface area (Å²) in [6, 6.07) is 15.0. The molecule has 186 valence electrons. The van der Waals surface area contributed by atoms with Crippen LogP contribution in [0, 0.1) is 5.92 Å². The number of carboxylic acids is 1. The van der Waals surface area contributed by atoms with E-state index in [9.17, 15) is 19.5 Å². The second-order valence-electron chi connectivity index (χ2n) is 10.1. The maximum absolute atomic E-state index is 13.1. The number of likely N-dealkylation sites (tertiary alicyclic amines) is 1. The molecule has 2 aliphatic rings. The van der Waals surface area contributed by atoms with E-state index in [0.29, 0.717) is 12.8 Å². The third-order valence-corrected chi connectivity index (χ3v) is 6.49. The van der Waals surface area contributed by atoms with Gasteiger partial charge in [-0.25, -0.2) is 14.4 Å². The minimum Gasteiger partial charge on any atom is -0.480 e. The number of fused-ring (bicyclic) bond motifs is 3. The number of amides is 2. The molecule has 35 heavy (non-hydrogen) atoms. The lowest BCUT2D eigenvalue weighted by Gasteiger charge is -2.38. The van der Waals surface area contributed by atoms with Crippen molar-refractivity contribution in [3.8, 4) is 11.1 Å². The van der Waals surface area contributed by atoms with Crippen molar-refractivity contribution in [3.63, 3.8) is 0 Å². The molecule has 1 saturated heterocycles. The fourth-order valence-electron chi connectivity index (χ4n) is 5.03. The van der Waals surface area contributed by atoms with Crippen LogP contribution < -0.4 is 5.32 Å². The molecular formula is C27H32N2O6. The van der Waals surface area contributed by atoms with Gasteiger partial charge in [0, 0.05) is 24.9 Å². The number of hydrogen-bond donors (Lipinski definition) is 2. The topological polar surface area (TPSA) is 105 Å². The third-order valence-electron chi connectivity index (χ3n) is 6.49. The van der Waals surface area contributed by atoms with E-state index in [1.807, 2.05) is 36.4 Å². The maximum atomic E-state index is 13.1. The molecule has 0 saturated carbocycles. The Hall–Kier alpha value is -3.55. The molecule has 2 aromatic carbocycles. The molecule has 2 aromatic rings. The first-order chi connectivity index (χ1) is 16.7. The van der Waals surface area contributed by atoms with Crippen molar-refractivity contribution in [2.24, 2.45) is 5.92 Å². The van der Waals surface area contributed by atoms with Gasteiger partial charge >= 0.3 is 18.2 Å². The van der Waals surface area contributed by atoms with Crippen LogP contribution in [0.3, 0.4) is 0 Å². The zero-order chi connectivity index (χ0) is 25.2. The van der Waals surface area contributed by atoms with Gasteiger partial charge in [-0.15, -0.1) is 0 Å². The Bertz CT molecular complexity index is 1060. The molecule has 8 heteroatoms. The van der Waals surface area contributed by atoms with Crippen LogP contribution in [0.2, 0.25) is 0 Å². The standard InChI is InChI=1S/C27H32N2O6/c1-27(2,3)35-25(32)28-15-17-9-8-14-29(23(17)24(30)31)26(33)34-16-22-20-12-6-4-10-18(20)19-11-5-7-13-21(19)22/h4-7,10-13,17,22-23H,8-9,14-16H2,1-3H3,(H,28,32)(H,30,31).